The van der Waals surface area contributed by atoms with E-state index in [1.807, 2.05) is 0 Å². The molecule has 1 amide bonds. The summed E-state index contributed by atoms with van der Waals surface area (Å²) in [5.41, 5.74) is 5.25. The van der Waals surface area contributed by atoms with E-state index in [1.165, 1.54) is 18.1 Å². The Hall–Kier alpha value is -3.88. The van der Waals surface area contributed by atoms with Gasteiger partial charge in [-0.05, 0) is 29.8 Å². The van der Waals surface area contributed by atoms with E-state index in [4.69, 9.17) is 10.5 Å². The molecule has 3 aromatic rings. The molecule has 3 heterocycles. The van der Waals surface area contributed by atoms with Gasteiger partial charge >= 0.3 is 6.18 Å². The van der Waals surface area contributed by atoms with Gasteiger partial charge in [-0.15, -0.1) is 0 Å². The molecule has 6 nitrogen and oxygen atoms in total. The largest absolute Gasteiger partial charge is 0.457 e. The van der Waals surface area contributed by atoms with Gasteiger partial charge < -0.3 is 10.5 Å². The van der Waals surface area contributed by atoms with Gasteiger partial charge in [-0.1, -0.05) is 24.3 Å². The number of amides is 1. The first-order valence-electron chi connectivity index (χ1n) is 9.30. The van der Waals surface area contributed by atoms with Crippen LogP contribution in [-0.2, 0) is 16.5 Å². The molecule has 1 aromatic heterocycles. The molecule has 0 saturated heterocycles. The van der Waals surface area contributed by atoms with Crippen molar-refractivity contribution in [3.05, 3.63) is 77.6 Å². The average Bonchev–Trinajstić information content (AvgIpc) is 2.98. The smallest absolute Gasteiger partial charge is 0.417 e. The quantitative estimate of drug-likeness (QED) is 0.643. The lowest BCUT2D eigenvalue weighted by Crippen LogP contribution is -2.42. The SMILES string of the molecule is CN1C(=O)C2(N=C1N)c1ccccc1Oc1ccc(-c3cncc(C(F)(F)F)c3)cc12. The number of guanidine groups is 1. The van der Waals surface area contributed by atoms with Crippen molar-refractivity contribution < 1.29 is 22.7 Å². The molecule has 9 heteroatoms. The Morgan fingerprint density at radius 2 is 1.74 bits per heavy atom. The molecular formula is C22H15F3N4O2. The van der Waals surface area contributed by atoms with Crippen LogP contribution < -0.4 is 10.5 Å². The van der Waals surface area contributed by atoms with Crippen LogP contribution >= 0.6 is 0 Å². The first kappa shape index (κ1) is 19.1. The molecule has 2 N–H and O–H groups in total. The molecule has 156 valence electrons. The zero-order valence-electron chi connectivity index (χ0n) is 16.1. The molecule has 0 aliphatic carbocycles. The monoisotopic (exact) mass is 424 g/mol. The number of carbonyl (C=O) groups is 1. The number of likely N-dealkylation sites (N-methyl/N-ethyl adjacent to an activating group) is 1. The lowest BCUT2D eigenvalue weighted by molar-refractivity contribution is -0.137. The molecule has 0 saturated carbocycles. The first-order chi connectivity index (χ1) is 14.7. The Kier molecular flexibility index (Phi) is 3.89. The van der Waals surface area contributed by atoms with Gasteiger partial charge in [-0.3, -0.25) is 14.7 Å². The number of hydrogen-bond acceptors (Lipinski definition) is 5. The molecule has 31 heavy (non-hydrogen) atoms. The molecule has 0 radical (unpaired) electrons. The normalized spacial score (nSPS) is 19.7. The second-order valence-corrected chi connectivity index (χ2v) is 7.31. The Labute approximate surface area is 174 Å². The van der Waals surface area contributed by atoms with Gasteiger partial charge in [0.1, 0.15) is 11.5 Å². The Morgan fingerprint density at radius 3 is 2.45 bits per heavy atom. The molecule has 5 rings (SSSR count). The van der Waals surface area contributed by atoms with E-state index in [0.717, 1.165) is 12.3 Å². The number of rotatable bonds is 1. The minimum atomic E-state index is -4.52. The lowest BCUT2D eigenvalue weighted by atomic mass is 9.79. The fourth-order valence-electron chi connectivity index (χ4n) is 3.94. The predicted octanol–water partition coefficient (Wildman–Crippen LogP) is 3.90. The molecule has 1 spiro atoms. The molecule has 1 unspecified atom stereocenters. The predicted molar refractivity (Wildman–Crippen MR) is 106 cm³/mol. The number of pyridine rings is 1. The van der Waals surface area contributed by atoms with Crippen LogP contribution in [0, 0.1) is 0 Å². The number of alkyl halides is 3. The van der Waals surface area contributed by atoms with Gasteiger partial charge in [0.2, 0.25) is 5.54 Å². The first-order valence-corrected chi connectivity index (χ1v) is 9.30. The van der Waals surface area contributed by atoms with Crippen LogP contribution in [0.15, 0.2) is 65.9 Å². The van der Waals surface area contributed by atoms with E-state index < -0.39 is 17.3 Å². The number of fused-ring (bicyclic) bond motifs is 4. The van der Waals surface area contributed by atoms with Crippen molar-refractivity contribution in [2.75, 3.05) is 7.05 Å². The Morgan fingerprint density at radius 1 is 1.00 bits per heavy atom. The highest BCUT2D eigenvalue weighted by atomic mass is 19.4. The number of para-hydroxylation sites is 1. The highest BCUT2D eigenvalue weighted by Gasteiger charge is 2.54. The van der Waals surface area contributed by atoms with Crippen LogP contribution in [0.1, 0.15) is 16.7 Å². The number of carbonyl (C=O) groups excluding carboxylic acids is 1. The van der Waals surface area contributed by atoms with Gasteiger partial charge in [-0.2, -0.15) is 13.2 Å². The molecule has 2 aliphatic heterocycles. The van der Waals surface area contributed by atoms with Crippen LogP contribution in [0.2, 0.25) is 0 Å². The number of halogens is 3. The third-order valence-corrected chi connectivity index (χ3v) is 5.51. The van der Waals surface area contributed by atoms with Gasteiger partial charge in [0.25, 0.3) is 5.91 Å². The number of ether oxygens (including phenoxy) is 1. The minimum absolute atomic E-state index is 0.0405. The fourth-order valence-corrected chi connectivity index (χ4v) is 3.94. The van der Waals surface area contributed by atoms with E-state index in [-0.39, 0.29) is 17.4 Å². The van der Waals surface area contributed by atoms with Crippen LogP contribution in [0.4, 0.5) is 13.2 Å². The van der Waals surface area contributed by atoms with E-state index in [1.54, 1.807) is 42.5 Å². The number of hydrogen-bond donors (Lipinski definition) is 1. The highest BCUT2D eigenvalue weighted by Crippen LogP contribution is 2.52. The summed E-state index contributed by atoms with van der Waals surface area (Å²) in [5, 5.41) is 0. The number of nitrogens with two attached hydrogens (primary N) is 1. The van der Waals surface area contributed by atoms with E-state index in [2.05, 4.69) is 9.98 Å². The van der Waals surface area contributed by atoms with Crippen LogP contribution in [-0.4, -0.2) is 28.8 Å². The molecule has 1 atom stereocenters. The summed E-state index contributed by atoms with van der Waals surface area (Å²) < 4.78 is 45.5. The zero-order chi connectivity index (χ0) is 22.0. The highest BCUT2D eigenvalue weighted by molar-refractivity contribution is 6.10. The summed E-state index contributed by atoms with van der Waals surface area (Å²) in [6.07, 6.45) is -2.42. The number of benzene rings is 2. The van der Waals surface area contributed by atoms with Crippen molar-refractivity contribution in [1.82, 2.24) is 9.88 Å². The second-order valence-electron chi connectivity index (χ2n) is 7.31. The summed E-state index contributed by atoms with van der Waals surface area (Å²) >= 11 is 0. The zero-order valence-corrected chi connectivity index (χ0v) is 16.1. The van der Waals surface area contributed by atoms with E-state index in [9.17, 15) is 18.0 Å². The van der Waals surface area contributed by atoms with Crippen LogP contribution in [0.25, 0.3) is 11.1 Å². The maximum atomic E-state index is 13.4. The molecular weight excluding hydrogens is 409 g/mol. The van der Waals surface area contributed by atoms with Crippen molar-refractivity contribution in [3.8, 4) is 22.6 Å². The lowest BCUT2D eigenvalue weighted by Gasteiger charge is -2.33. The molecule has 0 bridgehead atoms. The maximum absolute atomic E-state index is 13.4. The third-order valence-electron chi connectivity index (χ3n) is 5.51. The fraction of sp³-hybridized carbons (Fsp3) is 0.136. The van der Waals surface area contributed by atoms with E-state index >= 15 is 0 Å². The van der Waals surface area contributed by atoms with Gasteiger partial charge in [0, 0.05) is 36.1 Å². The van der Waals surface area contributed by atoms with Crippen molar-refractivity contribution >= 4 is 11.9 Å². The topological polar surface area (TPSA) is 80.8 Å². The number of aromatic nitrogens is 1. The Balaban J connectivity index is 1.74. The summed E-state index contributed by atoms with van der Waals surface area (Å²) in [7, 11) is 1.52. The van der Waals surface area contributed by atoms with Gasteiger partial charge in [-0.25, -0.2) is 4.99 Å². The van der Waals surface area contributed by atoms with Crippen LogP contribution in [0.5, 0.6) is 11.5 Å². The van der Waals surface area contributed by atoms with Gasteiger partial charge in [0.05, 0.1) is 5.56 Å². The number of aliphatic imine (C=N–C) groups is 1. The van der Waals surface area contributed by atoms with Crippen LogP contribution in [0.3, 0.4) is 0 Å². The summed E-state index contributed by atoms with van der Waals surface area (Å²) in [6.45, 7) is 0. The summed E-state index contributed by atoms with van der Waals surface area (Å²) in [5.74, 6) is 0.506. The molecule has 0 fully saturated rings. The minimum Gasteiger partial charge on any atom is -0.457 e. The van der Waals surface area contributed by atoms with Crippen molar-refractivity contribution in [2.45, 2.75) is 11.7 Å². The summed E-state index contributed by atoms with van der Waals surface area (Å²) in [6, 6.07) is 12.8. The standard InChI is InChI=1S/C22H15F3N4O2/c1-29-19(30)21(28-20(29)26)15-4-2-3-5-17(15)31-18-7-6-12(9-16(18)21)13-8-14(11-27-10-13)22(23,24)25/h2-11H,1H3,(H2,26,28). The molecule has 2 aliphatic rings. The Bertz CT molecular complexity index is 1270. The maximum Gasteiger partial charge on any atom is 0.417 e. The van der Waals surface area contributed by atoms with Crippen molar-refractivity contribution in [1.29, 1.82) is 0 Å². The average molecular weight is 424 g/mol. The van der Waals surface area contributed by atoms with Gasteiger partial charge in [0.15, 0.2) is 5.96 Å². The van der Waals surface area contributed by atoms with Crippen molar-refractivity contribution in [3.63, 3.8) is 0 Å². The van der Waals surface area contributed by atoms with Crippen molar-refractivity contribution in [2.24, 2.45) is 10.7 Å². The molecule has 2 aromatic carbocycles. The third kappa shape index (κ3) is 2.69. The second kappa shape index (κ2) is 6.31. The van der Waals surface area contributed by atoms with E-state index in [0.29, 0.717) is 28.2 Å². The summed E-state index contributed by atoms with van der Waals surface area (Å²) in [4.78, 5) is 22.9. The number of nitrogens with zero attached hydrogens (tertiary/aromatic N) is 3.